The van der Waals surface area contributed by atoms with Crippen LogP contribution in [0.25, 0.3) is 0 Å². The van der Waals surface area contributed by atoms with E-state index in [9.17, 15) is 9.59 Å². The maximum Gasteiger partial charge on any atom is 0.236 e. The summed E-state index contributed by atoms with van der Waals surface area (Å²) in [7, 11) is 4.09. The van der Waals surface area contributed by atoms with Crippen molar-refractivity contribution in [3.63, 3.8) is 0 Å². The van der Waals surface area contributed by atoms with Gasteiger partial charge in [-0.1, -0.05) is 6.92 Å². The highest BCUT2D eigenvalue weighted by atomic mass is 16.2. The number of hydrogen-bond acceptors (Lipinski definition) is 4. The largest absolute Gasteiger partial charge is 0.341 e. The van der Waals surface area contributed by atoms with E-state index in [0.29, 0.717) is 32.5 Å². The van der Waals surface area contributed by atoms with Crippen molar-refractivity contribution in [3.8, 4) is 0 Å². The third-order valence-electron chi connectivity index (χ3n) is 3.44. The summed E-state index contributed by atoms with van der Waals surface area (Å²) in [4.78, 5) is 29.5. The first kappa shape index (κ1) is 16.1. The molecule has 5 heteroatoms. The fourth-order valence-corrected chi connectivity index (χ4v) is 2.22. The zero-order valence-corrected chi connectivity index (χ0v) is 12.5. The van der Waals surface area contributed by atoms with Crippen LogP contribution in [0.4, 0.5) is 0 Å². The smallest absolute Gasteiger partial charge is 0.236 e. The Morgan fingerprint density at radius 2 is 1.79 bits per heavy atom. The molecule has 0 bridgehead atoms. The predicted octanol–water partition coefficient (Wildman–Crippen LogP) is 0.452. The highest BCUT2D eigenvalue weighted by Gasteiger charge is 2.22. The van der Waals surface area contributed by atoms with Crippen molar-refractivity contribution in [3.05, 3.63) is 0 Å². The Bertz CT molecular complexity index is 295. The van der Waals surface area contributed by atoms with E-state index in [0.717, 1.165) is 26.1 Å². The molecule has 1 aliphatic rings. The molecular weight excluding hydrogens is 242 g/mol. The Morgan fingerprint density at radius 1 is 1.16 bits per heavy atom. The number of carbonyl (C=O) groups is 2. The molecule has 0 atom stereocenters. The van der Waals surface area contributed by atoms with E-state index in [1.54, 1.807) is 0 Å². The lowest BCUT2D eigenvalue weighted by molar-refractivity contribution is -0.135. The second-order valence-corrected chi connectivity index (χ2v) is 5.50. The van der Waals surface area contributed by atoms with Gasteiger partial charge in [0, 0.05) is 39.0 Å². The van der Waals surface area contributed by atoms with Gasteiger partial charge in [-0.25, -0.2) is 0 Å². The number of rotatable bonds is 7. The predicted molar refractivity (Wildman–Crippen MR) is 76.1 cm³/mol. The SMILES string of the molecule is CCCN(CCN(C)C)CC(=O)N1CCC(=O)CC1. The number of hydrogen-bond donors (Lipinski definition) is 0. The minimum absolute atomic E-state index is 0.166. The van der Waals surface area contributed by atoms with Crippen molar-refractivity contribution in [1.82, 2.24) is 14.7 Å². The zero-order chi connectivity index (χ0) is 14.3. The van der Waals surface area contributed by atoms with Crippen LogP contribution in [0.15, 0.2) is 0 Å². The van der Waals surface area contributed by atoms with Gasteiger partial charge in [-0.15, -0.1) is 0 Å². The van der Waals surface area contributed by atoms with Crippen LogP contribution in [0, 0.1) is 0 Å². The first-order valence-electron chi connectivity index (χ1n) is 7.19. The lowest BCUT2D eigenvalue weighted by atomic mass is 10.1. The molecule has 0 aromatic carbocycles. The van der Waals surface area contributed by atoms with E-state index in [4.69, 9.17) is 0 Å². The molecule has 1 heterocycles. The molecule has 5 nitrogen and oxygen atoms in total. The summed E-state index contributed by atoms with van der Waals surface area (Å²) in [6.07, 6.45) is 2.10. The summed E-state index contributed by atoms with van der Waals surface area (Å²) < 4.78 is 0. The topological polar surface area (TPSA) is 43.9 Å². The molecule has 0 unspecified atom stereocenters. The molecule has 1 aliphatic heterocycles. The quantitative estimate of drug-likeness (QED) is 0.673. The van der Waals surface area contributed by atoms with Crippen LogP contribution in [-0.2, 0) is 9.59 Å². The number of carbonyl (C=O) groups excluding carboxylic acids is 2. The maximum atomic E-state index is 12.2. The van der Waals surface area contributed by atoms with Gasteiger partial charge < -0.3 is 9.80 Å². The molecule has 1 amide bonds. The molecule has 0 radical (unpaired) electrons. The summed E-state index contributed by atoms with van der Waals surface area (Å²) in [5.74, 6) is 0.446. The molecule has 0 aromatic heterocycles. The Balaban J connectivity index is 2.39. The van der Waals surface area contributed by atoms with Crippen LogP contribution < -0.4 is 0 Å². The number of ketones is 1. The monoisotopic (exact) mass is 269 g/mol. The maximum absolute atomic E-state index is 12.2. The van der Waals surface area contributed by atoms with E-state index in [1.807, 2.05) is 19.0 Å². The first-order valence-corrected chi connectivity index (χ1v) is 7.19. The van der Waals surface area contributed by atoms with Crippen molar-refractivity contribution >= 4 is 11.7 Å². The minimum Gasteiger partial charge on any atom is -0.341 e. The van der Waals surface area contributed by atoms with Crippen LogP contribution in [-0.4, -0.2) is 79.8 Å². The summed E-state index contributed by atoms with van der Waals surface area (Å²) in [5, 5.41) is 0. The Labute approximate surface area is 116 Å². The van der Waals surface area contributed by atoms with Gasteiger partial charge in [-0.05, 0) is 27.1 Å². The second kappa shape index (κ2) is 8.27. The number of likely N-dealkylation sites (tertiary alicyclic amines) is 1. The Hall–Kier alpha value is -0.940. The average molecular weight is 269 g/mol. The molecule has 1 rings (SSSR count). The molecule has 0 spiro atoms. The molecule has 1 saturated heterocycles. The second-order valence-electron chi connectivity index (χ2n) is 5.50. The zero-order valence-electron chi connectivity index (χ0n) is 12.5. The van der Waals surface area contributed by atoms with Crippen molar-refractivity contribution < 1.29 is 9.59 Å². The number of nitrogens with zero attached hydrogens (tertiary/aromatic N) is 3. The number of amides is 1. The van der Waals surface area contributed by atoms with Gasteiger partial charge in [-0.3, -0.25) is 14.5 Å². The molecule has 110 valence electrons. The molecule has 0 aromatic rings. The Morgan fingerprint density at radius 3 is 2.32 bits per heavy atom. The fraction of sp³-hybridized carbons (Fsp3) is 0.857. The number of likely N-dealkylation sites (N-methyl/N-ethyl adjacent to an activating group) is 1. The third-order valence-corrected chi connectivity index (χ3v) is 3.44. The standard InChI is InChI=1S/C14H27N3O2/c1-4-7-16(11-10-15(2)3)12-14(19)17-8-5-13(18)6-9-17/h4-12H2,1-3H3. The first-order chi connectivity index (χ1) is 9.02. The molecule has 0 N–H and O–H groups in total. The average Bonchev–Trinajstić information content (AvgIpc) is 2.37. The highest BCUT2D eigenvalue weighted by molar-refractivity contribution is 5.84. The van der Waals surface area contributed by atoms with E-state index in [2.05, 4.69) is 16.7 Å². The van der Waals surface area contributed by atoms with Crippen LogP contribution in [0.5, 0.6) is 0 Å². The van der Waals surface area contributed by atoms with Gasteiger partial charge in [0.15, 0.2) is 0 Å². The van der Waals surface area contributed by atoms with Gasteiger partial charge in [0.25, 0.3) is 0 Å². The van der Waals surface area contributed by atoms with Gasteiger partial charge >= 0.3 is 0 Å². The van der Waals surface area contributed by atoms with Crippen LogP contribution in [0.2, 0.25) is 0 Å². The lowest BCUT2D eigenvalue weighted by Crippen LogP contribution is -2.45. The van der Waals surface area contributed by atoms with Crippen LogP contribution in [0.3, 0.4) is 0 Å². The van der Waals surface area contributed by atoms with E-state index in [1.165, 1.54) is 0 Å². The summed E-state index contributed by atoms with van der Waals surface area (Å²) in [6.45, 7) is 6.65. The Kier molecular flexibility index (Phi) is 7.02. The van der Waals surface area contributed by atoms with Crippen molar-refractivity contribution in [2.24, 2.45) is 0 Å². The van der Waals surface area contributed by atoms with Gasteiger partial charge in [0.1, 0.15) is 5.78 Å². The fourth-order valence-electron chi connectivity index (χ4n) is 2.22. The minimum atomic E-state index is 0.166. The molecule has 19 heavy (non-hydrogen) atoms. The summed E-state index contributed by atoms with van der Waals surface area (Å²) >= 11 is 0. The molecular formula is C14H27N3O2. The van der Waals surface area contributed by atoms with E-state index >= 15 is 0 Å². The van der Waals surface area contributed by atoms with Crippen molar-refractivity contribution in [1.29, 1.82) is 0 Å². The number of Topliss-reactive ketones (excluding diaryl/α,β-unsaturated/α-hetero) is 1. The van der Waals surface area contributed by atoms with Crippen molar-refractivity contribution in [2.45, 2.75) is 26.2 Å². The van der Waals surface area contributed by atoms with Crippen LogP contribution in [0.1, 0.15) is 26.2 Å². The highest BCUT2D eigenvalue weighted by Crippen LogP contribution is 2.06. The third kappa shape index (κ3) is 6.16. The summed E-state index contributed by atoms with van der Waals surface area (Å²) in [6, 6.07) is 0. The van der Waals surface area contributed by atoms with E-state index < -0.39 is 0 Å². The molecule has 1 fully saturated rings. The number of piperidine rings is 1. The normalized spacial score (nSPS) is 16.5. The van der Waals surface area contributed by atoms with Crippen molar-refractivity contribution in [2.75, 3.05) is 53.4 Å². The van der Waals surface area contributed by atoms with Gasteiger partial charge in [0.05, 0.1) is 6.54 Å². The lowest BCUT2D eigenvalue weighted by Gasteiger charge is -2.30. The van der Waals surface area contributed by atoms with Crippen LogP contribution >= 0.6 is 0 Å². The van der Waals surface area contributed by atoms with E-state index in [-0.39, 0.29) is 11.7 Å². The molecule has 0 saturated carbocycles. The van der Waals surface area contributed by atoms with Gasteiger partial charge in [0.2, 0.25) is 5.91 Å². The molecule has 0 aliphatic carbocycles. The summed E-state index contributed by atoms with van der Waals surface area (Å²) in [5.41, 5.74) is 0. The van der Waals surface area contributed by atoms with Gasteiger partial charge in [-0.2, -0.15) is 0 Å².